The van der Waals surface area contributed by atoms with Gasteiger partial charge in [0.05, 0.1) is 6.04 Å². The van der Waals surface area contributed by atoms with E-state index in [1.54, 1.807) is 15.9 Å². The summed E-state index contributed by atoms with van der Waals surface area (Å²) < 4.78 is 54.9. The maximum absolute atomic E-state index is 15.3. The highest BCUT2D eigenvalue weighted by Crippen LogP contribution is 2.88. The summed E-state index contributed by atoms with van der Waals surface area (Å²) in [6, 6.07) is -5.54. The molecule has 336 valence electrons. The summed E-state index contributed by atoms with van der Waals surface area (Å²) in [4.78, 5) is 76.3. The molecule has 0 aromatic heterocycles. The Morgan fingerprint density at radius 1 is 0.850 bits per heavy atom. The van der Waals surface area contributed by atoms with E-state index in [1.165, 1.54) is 11.2 Å². The lowest BCUT2D eigenvalue weighted by Crippen LogP contribution is -2.63. The molecule has 0 aromatic rings. The normalized spacial score (nSPS) is 34.3. The third-order valence-electron chi connectivity index (χ3n) is 16.4. The van der Waals surface area contributed by atoms with Gasteiger partial charge < -0.3 is 20.9 Å². The summed E-state index contributed by atoms with van der Waals surface area (Å²) in [5.41, 5.74) is -3.04. The molecule has 5 amide bonds. The molecule has 7 aliphatic rings. The largest absolute Gasteiger partial charge is 0.343 e. The van der Waals surface area contributed by atoms with E-state index in [0.29, 0.717) is 58.2 Å². The van der Waals surface area contributed by atoms with Gasteiger partial charge in [-0.05, 0) is 107 Å². The number of nitrogens with zero attached hydrogens (tertiary/aromatic N) is 3. The molecule has 4 saturated carbocycles. The zero-order chi connectivity index (χ0) is 46.1. The fourth-order valence-corrected chi connectivity index (χ4v) is 13.7. The molecular weight excluding hydrogens is 783 g/mol. The molecule has 2 spiro atoms. The zero-order valence-corrected chi connectivity index (χ0v) is 37.7. The highest BCUT2D eigenvalue weighted by Gasteiger charge is 2.85. The Labute approximate surface area is 362 Å². The van der Waals surface area contributed by atoms with Crippen molar-refractivity contribution in [2.45, 2.75) is 180 Å². The first-order chi connectivity index (χ1) is 29.4. The fraction of sp³-hybridized carbons (Fsp3) is 0.844. The van der Waals surface area contributed by atoms with Gasteiger partial charge in [0.2, 0.25) is 23.6 Å². The summed E-state index contributed by atoms with van der Waals surface area (Å²) in [6.45, 7) is 15.0. The van der Waals surface area contributed by atoms with Gasteiger partial charge in [0.25, 0.3) is 5.91 Å². The molecule has 0 aromatic carbocycles. The van der Waals surface area contributed by atoms with Crippen LogP contribution in [-0.2, 0) is 34.2 Å². The summed E-state index contributed by atoms with van der Waals surface area (Å²) in [7, 11) is -4.14. The molecule has 0 bridgehead atoms. The maximum Gasteiger partial charge on any atom is 0.303 e. The quantitative estimate of drug-likeness (QED) is 0.200. The molecule has 7 rings (SSSR count). The molecular formula is C45H73N7O7S. The number of piperidine rings is 1. The number of carbonyl (C=O) groups excluding carboxylic acids is 5. The molecule has 60 heavy (non-hydrogen) atoms. The summed E-state index contributed by atoms with van der Waals surface area (Å²) in [6.07, 6.45) is 12.5. The van der Waals surface area contributed by atoms with Crippen LogP contribution in [0, 0.1) is 33.5 Å². The number of amides is 5. The van der Waals surface area contributed by atoms with Crippen LogP contribution < -0.4 is 20.7 Å². The Morgan fingerprint density at radius 3 is 2.07 bits per heavy atom. The van der Waals surface area contributed by atoms with Crippen LogP contribution in [0.1, 0.15) is 149 Å². The van der Waals surface area contributed by atoms with Gasteiger partial charge in [0.1, 0.15) is 23.7 Å². The predicted molar refractivity (Wildman–Crippen MR) is 229 cm³/mol. The molecule has 3 saturated heterocycles. The fourth-order valence-electron chi connectivity index (χ4n) is 12.4. The van der Waals surface area contributed by atoms with Gasteiger partial charge in [-0.3, -0.25) is 28.9 Å². The van der Waals surface area contributed by atoms with E-state index in [-0.39, 0.29) is 35.1 Å². The third kappa shape index (κ3) is 7.62. The van der Waals surface area contributed by atoms with Gasteiger partial charge in [-0.25, -0.2) is 4.72 Å². The number of fused-ring (bicyclic) bond motifs is 1. The summed E-state index contributed by atoms with van der Waals surface area (Å²) in [5, 5.41) is 9.09. The monoisotopic (exact) mass is 859 g/mol. The van der Waals surface area contributed by atoms with Crippen LogP contribution in [0.25, 0.3) is 0 Å². The van der Waals surface area contributed by atoms with Crippen molar-refractivity contribution in [2.24, 2.45) is 33.5 Å². The first kappa shape index (κ1) is 41.0. The van der Waals surface area contributed by atoms with Crippen LogP contribution >= 0.6 is 0 Å². The van der Waals surface area contributed by atoms with E-state index in [9.17, 15) is 27.6 Å². The van der Waals surface area contributed by atoms with E-state index in [0.717, 1.165) is 51.4 Å². The third-order valence-corrected chi connectivity index (χ3v) is 17.9. The van der Waals surface area contributed by atoms with Crippen molar-refractivity contribution in [1.82, 2.24) is 34.8 Å². The van der Waals surface area contributed by atoms with Gasteiger partial charge in [0.15, 0.2) is 0 Å². The number of hydrogen-bond acceptors (Lipinski definition) is 8. The van der Waals surface area contributed by atoms with Gasteiger partial charge in [0, 0.05) is 41.1 Å². The average Bonchev–Trinajstić information content (AvgIpc) is 3.67. The van der Waals surface area contributed by atoms with Crippen molar-refractivity contribution < 1.29 is 36.5 Å². The second-order valence-electron chi connectivity index (χ2n) is 20.9. The van der Waals surface area contributed by atoms with Gasteiger partial charge in [-0.15, -0.1) is 6.58 Å². The van der Waals surface area contributed by atoms with Crippen molar-refractivity contribution in [3.8, 4) is 0 Å². The first-order valence-electron chi connectivity index (χ1n) is 24.4. The molecule has 3 heterocycles. The van der Waals surface area contributed by atoms with Gasteiger partial charge in [-0.1, -0.05) is 72.8 Å². The molecule has 0 radical (unpaired) electrons. The minimum Gasteiger partial charge on any atom is -0.343 e. The Balaban J connectivity index is 1.15. The van der Waals surface area contributed by atoms with E-state index >= 15 is 4.79 Å². The van der Waals surface area contributed by atoms with Crippen molar-refractivity contribution in [1.29, 1.82) is 0 Å². The van der Waals surface area contributed by atoms with E-state index < -0.39 is 93.7 Å². The lowest BCUT2D eigenvalue weighted by Gasteiger charge is -2.40. The number of rotatable bonds is 13. The highest BCUT2D eigenvalue weighted by molar-refractivity contribution is 7.87. The lowest BCUT2D eigenvalue weighted by atomic mass is 9.73. The molecule has 4 N–H and O–H groups in total. The lowest BCUT2D eigenvalue weighted by molar-refractivity contribution is -0.145. The van der Waals surface area contributed by atoms with Crippen LogP contribution in [0.15, 0.2) is 12.7 Å². The molecule has 4 aliphatic carbocycles. The molecule has 14 nitrogen and oxygen atoms in total. The maximum atomic E-state index is 15.3. The highest BCUT2D eigenvalue weighted by atomic mass is 32.2. The smallest absolute Gasteiger partial charge is 0.303 e. The number of nitrogens with one attached hydrogen (secondary N) is 4. The standard InChI is InChI=1S/C45H73N7O7S/c1-9-31-26-45(31,40(57)49-60(58,59)50-23-15-16-24-50)48-37(54)33-27-44(42(7,8)43(44)21-17-22-43)28-52(33)39(56)35(41(4,5)6)47-38(55)34(30-18-11-10-12-19-30)46-36(53)32-20-13-14-25-51(32)29(2)3/h9,29-35H,1,10-28H2,2-8H3,(H,46,53)(H,47,55)(H,48,54)(H,49,57)/t31-,32+,33+,34?,35-,44-,45-/m1/s1/i2D2,29D/t29?,31-,32+,33+,34?,35-,44-,45-. The molecule has 3 aliphatic heterocycles. The van der Waals surface area contributed by atoms with E-state index in [1.807, 2.05) is 20.8 Å². The Kier molecular flexibility index (Phi) is 11.1. The summed E-state index contributed by atoms with van der Waals surface area (Å²) >= 11 is 0. The molecule has 7 fully saturated rings. The Morgan fingerprint density at radius 2 is 1.50 bits per heavy atom. The minimum atomic E-state index is -4.14. The van der Waals surface area contributed by atoms with E-state index in [4.69, 9.17) is 4.11 Å². The van der Waals surface area contributed by atoms with Crippen molar-refractivity contribution in [3.05, 3.63) is 12.7 Å². The van der Waals surface area contributed by atoms with Crippen molar-refractivity contribution in [3.63, 3.8) is 0 Å². The minimum absolute atomic E-state index is 0.0609. The Hall–Kier alpha value is -3.04. The molecule has 2 unspecified atom stereocenters. The van der Waals surface area contributed by atoms with Gasteiger partial charge >= 0.3 is 10.2 Å². The second kappa shape index (κ2) is 16.3. The van der Waals surface area contributed by atoms with Crippen molar-refractivity contribution >= 4 is 39.7 Å². The van der Waals surface area contributed by atoms with Crippen LogP contribution in [0.3, 0.4) is 0 Å². The molecule has 8 atom stereocenters. The topological polar surface area (TPSA) is 177 Å². The first-order valence-corrected chi connectivity index (χ1v) is 24.1. The number of likely N-dealkylation sites (tertiary alicyclic amines) is 2. The van der Waals surface area contributed by atoms with E-state index in [2.05, 4.69) is 41.1 Å². The molecule has 15 heteroatoms. The Bertz CT molecular complexity index is 1940. The zero-order valence-electron chi connectivity index (χ0n) is 39.9. The predicted octanol–water partition coefficient (Wildman–Crippen LogP) is 4.16. The van der Waals surface area contributed by atoms with Crippen molar-refractivity contribution in [2.75, 3.05) is 26.2 Å². The van der Waals surface area contributed by atoms with Crippen LogP contribution in [-0.4, -0.2) is 114 Å². The average molecular weight is 859 g/mol. The van der Waals surface area contributed by atoms with Crippen LogP contribution in [0.5, 0.6) is 0 Å². The SMILES string of the molecule is [2H]C([2H])C([2H])(C)N1CCCC[C@H]1C(=O)NC(C(=O)N[C@H](C(=O)N1C[C@]2(C[C@H]1C(=O)N[C@]1(C(=O)NS(=O)(=O)N3CCCC3)C[C@H]1C=C)C(C)(C)C21CCC1)C(C)(C)C)C1CCCCC1. The van der Waals surface area contributed by atoms with Gasteiger partial charge in [-0.2, -0.15) is 12.7 Å². The second-order valence-corrected chi connectivity index (χ2v) is 22.6. The number of hydrogen-bond donors (Lipinski definition) is 4. The summed E-state index contributed by atoms with van der Waals surface area (Å²) in [5.74, 6) is -3.48. The number of carbonyl (C=O) groups is 5. The van der Waals surface area contributed by atoms with Crippen LogP contribution in [0.2, 0.25) is 0 Å². The van der Waals surface area contributed by atoms with Crippen LogP contribution in [0.4, 0.5) is 0 Å².